The maximum atomic E-state index is 12.2. The lowest BCUT2D eigenvalue weighted by Gasteiger charge is -2.05. The summed E-state index contributed by atoms with van der Waals surface area (Å²) in [5.41, 5.74) is 3.01. The Morgan fingerprint density at radius 2 is 1.82 bits per heavy atom. The monoisotopic (exact) mass is 292 g/mol. The number of hydrogen-bond donors (Lipinski definition) is 1. The maximum Gasteiger partial charge on any atom is 0.189 e. The number of para-hydroxylation sites is 1. The van der Waals surface area contributed by atoms with E-state index in [1.807, 2.05) is 44.2 Å². The lowest BCUT2D eigenvalue weighted by atomic mass is 10.0. The predicted molar refractivity (Wildman–Crippen MR) is 87.2 cm³/mol. The molecular weight excluding hydrogens is 276 g/mol. The molecule has 3 heteroatoms. The van der Waals surface area contributed by atoms with Gasteiger partial charge in [0.25, 0.3) is 0 Å². The molecule has 0 amide bonds. The molecule has 1 N–H and O–H groups in total. The van der Waals surface area contributed by atoms with Gasteiger partial charge in [0.1, 0.15) is 17.1 Å². The minimum absolute atomic E-state index is 0.00218. The van der Waals surface area contributed by atoms with Crippen LogP contribution in [0.25, 0.3) is 17.0 Å². The van der Waals surface area contributed by atoms with Crippen LogP contribution in [-0.4, -0.2) is 10.9 Å². The van der Waals surface area contributed by atoms with E-state index in [-0.39, 0.29) is 11.5 Å². The van der Waals surface area contributed by atoms with Crippen molar-refractivity contribution in [3.63, 3.8) is 0 Å². The second-order valence-corrected chi connectivity index (χ2v) is 5.34. The van der Waals surface area contributed by atoms with E-state index in [0.717, 1.165) is 22.1 Å². The van der Waals surface area contributed by atoms with E-state index in [1.54, 1.807) is 18.2 Å². The van der Waals surface area contributed by atoms with E-state index in [4.69, 9.17) is 4.42 Å². The van der Waals surface area contributed by atoms with Crippen molar-refractivity contribution >= 4 is 22.8 Å². The van der Waals surface area contributed by atoms with E-state index in [0.29, 0.717) is 11.3 Å². The summed E-state index contributed by atoms with van der Waals surface area (Å²) in [6.07, 6.45) is 3.04. The molecule has 0 spiro atoms. The van der Waals surface area contributed by atoms with Crippen molar-refractivity contribution in [1.29, 1.82) is 0 Å². The first-order valence-corrected chi connectivity index (χ1v) is 7.06. The number of phenols is 1. The fourth-order valence-electron chi connectivity index (χ4n) is 2.33. The van der Waals surface area contributed by atoms with Crippen LogP contribution in [0.1, 0.15) is 27.2 Å². The maximum absolute atomic E-state index is 12.2. The summed E-state index contributed by atoms with van der Waals surface area (Å²) in [4.78, 5) is 12.2. The summed E-state index contributed by atoms with van der Waals surface area (Å²) in [5.74, 6) is 0.362. The van der Waals surface area contributed by atoms with Crippen molar-refractivity contribution in [3.05, 3.63) is 71.0 Å². The van der Waals surface area contributed by atoms with Crippen LogP contribution in [-0.2, 0) is 0 Å². The molecule has 1 aromatic heterocycles. The van der Waals surface area contributed by atoms with Gasteiger partial charge in [-0.15, -0.1) is 0 Å². The number of benzene rings is 2. The average molecular weight is 292 g/mol. The van der Waals surface area contributed by atoms with Crippen molar-refractivity contribution in [2.24, 2.45) is 0 Å². The van der Waals surface area contributed by atoms with Crippen LogP contribution in [0.4, 0.5) is 0 Å². The number of aryl methyl sites for hydroxylation is 2. The Balaban J connectivity index is 1.89. The van der Waals surface area contributed by atoms with Crippen molar-refractivity contribution < 1.29 is 14.3 Å². The van der Waals surface area contributed by atoms with Crippen LogP contribution < -0.4 is 0 Å². The fraction of sp³-hybridized carbons (Fsp3) is 0.105. The molecule has 0 bridgehead atoms. The van der Waals surface area contributed by atoms with Gasteiger partial charge in [0.2, 0.25) is 0 Å². The Hall–Kier alpha value is -2.81. The van der Waals surface area contributed by atoms with Crippen LogP contribution in [0.5, 0.6) is 5.75 Å². The zero-order chi connectivity index (χ0) is 15.7. The van der Waals surface area contributed by atoms with Gasteiger partial charge in [-0.05, 0) is 61.4 Å². The second-order valence-electron chi connectivity index (χ2n) is 5.34. The molecule has 1 heterocycles. The summed E-state index contributed by atoms with van der Waals surface area (Å²) in [6, 6.07) is 12.9. The van der Waals surface area contributed by atoms with Gasteiger partial charge in [0.05, 0.1) is 5.56 Å². The highest BCUT2D eigenvalue weighted by Crippen LogP contribution is 2.24. The number of hydrogen-bond acceptors (Lipinski definition) is 3. The topological polar surface area (TPSA) is 50.4 Å². The van der Waals surface area contributed by atoms with E-state index in [2.05, 4.69) is 0 Å². The zero-order valence-corrected chi connectivity index (χ0v) is 12.5. The van der Waals surface area contributed by atoms with Crippen LogP contribution in [0, 0.1) is 13.8 Å². The SMILES string of the molecule is Cc1cc(O)c(C(=O)C=Cc2cc3ccccc3o2)cc1C. The number of ketones is 1. The molecule has 0 aliphatic rings. The van der Waals surface area contributed by atoms with E-state index < -0.39 is 0 Å². The fourth-order valence-corrected chi connectivity index (χ4v) is 2.33. The summed E-state index contributed by atoms with van der Waals surface area (Å²) in [5, 5.41) is 10.9. The number of carbonyl (C=O) groups is 1. The highest BCUT2D eigenvalue weighted by Gasteiger charge is 2.10. The first-order valence-electron chi connectivity index (χ1n) is 7.06. The molecule has 2 aromatic carbocycles. The van der Waals surface area contributed by atoms with Gasteiger partial charge in [-0.2, -0.15) is 0 Å². The van der Waals surface area contributed by atoms with Crippen LogP contribution in [0.15, 0.2) is 53.0 Å². The number of rotatable bonds is 3. The molecule has 0 saturated heterocycles. The number of fused-ring (bicyclic) bond motifs is 1. The van der Waals surface area contributed by atoms with Crippen LogP contribution in [0.3, 0.4) is 0 Å². The number of phenolic OH excluding ortho intramolecular Hbond substituents is 1. The molecule has 0 saturated carbocycles. The van der Waals surface area contributed by atoms with Gasteiger partial charge in [-0.1, -0.05) is 18.2 Å². The highest BCUT2D eigenvalue weighted by molar-refractivity contribution is 6.08. The normalized spacial score (nSPS) is 11.4. The van der Waals surface area contributed by atoms with E-state index in [9.17, 15) is 9.90 Å². The smallest absolute Gasteiger partial charge is 0.189 e. The molecule has 3 aromatic rings. The number of allylic oxidation sites excluding steroid dienone is 1. The second kappa shape index (κ2) is 5.53. The van der Waals surface area contributed by atoms with Crippen LogP contribution in [0.2, 0.25) is 0 Å². The van der Waals surface area contributed by atoms with Gasteiger partial charge in [-0.3, -0.25) is 4.79 Å². The Morgan fingerprint density at radius 1 is 1.09 bits per heavy atom. The third kappa shape index (κ3) is 2.66. The largest absolute Gasteiger partial charge is 0.507 e. The lowest BCUT2D eigenvalue weighted by molar-refractivity contribution is 0.104. The van der Waals surface area contributed by atoms with Crippen molar-refractivity contribution in [2.45, 2.75) is 13.8 Å². The molecule has 0 fully saturated rings. The average Bonchev–Trinajstić information content (AvgIpc) is 2.91. The summed E-state index contributed by atoms with van der Waals surface area (Å²) >= 11 is 0. The molecule has 0 atom stereocenters. The Morgan fingerprint density at radius 3 is 2.59 bits per heavy atom. The molecule has 0 unspecified atom stereocenters. The number of carbonyl (C=O) groups excluding carboxylic acids is 1. The Bertz CT molecular complexity index is 852. The summed E-state index contributed by atoms with van der Waals surface area (Å²) in [6.45, 7) is 3.81. The summed E-state index contributed by atoms with van der Waals surface area (Å²) < 4.78 is 5.63. The number of aromatic hydroxyl groups is 1. The van der Waals surface area contributed by atoms with Gasteiger partial charge in [0.15, 0.2) is 5.78 Å². The van der Waals surface area contributed by atoms with Gasteiger partial charge < -0.3 is 9.52 Å². The van der Waals surface area contributed by atoms with Gasteiger partial charge >= 0.3 is 0 Å². The first-order chi connectivity index (χ1) is 10.5. The molecule has 0 radical (unpaired) electrons. The molecule has 3 nitrogen and oxygen atoms in total. The van der Waals surface area contributed by atoms with Crippen LogP contribution >= 0.6 is 0 Å². The van der Waals surface area contributed by atoms with Crippen molar-refractivity contribution in [3.8, 4) is 5.75 Å². The molecule has 0 aliphatic heterocycles. The van der Waals surface area contributed by atoms with E-state index in [1.165, 1.54) is 6.08 Å². The van der Waals surface area contributed by atoms with Crippen molar-refractivity contribution in [2.75, 3.05) is 0 Å². The predicted octanol–water partition coefficient (Wildman–Crippen LogP) is 4.65. The molecular formula is C19H16O3. The number of furan rings is 1. The minimum Gasteiger partial charge on any atom is -0.507 e. The molecule has 3 rings (SSSR count). The quantitative estimate of drug-likeness (QED) is 0.564. The minimum atomic E-state index is -0.249. The lowest BCUT2D eigenvalue weighted by Crippen LogP contribution is -1.97. The Kier molecular flexibility index (Phi) is 3.55. The third-order valence-corrected chi connectivity index (χ3v) is 3.72. The Labute approximate surface area is 128 Å². The van der Waals surface area contributed by atoms with Crippen molar-refractivity contribution in [1.82, 2.24) is 0 Å². The van der Waals surface area contributed by atoms with Gasteiger partial charge in [0, 0.05) is 5.39 Å². The third-order valence-electron chi connectivity index (χ3n) is 3.72. The first kappa shape index (κ1) is 14.1. The zero-order valence-electron chi connectivity index (χ0n) is 12.5. The summed E-state index contributed by atoms with van der Waals surface area (Å²) in [7, 11) is 0. The molecule has 22 heavy (non-hydrogen) atoms. The van der Waals surface area contributed by atoms with E-state index >= 15 is 0 Å². The molecule has 0 aliphatic carbocycles. The molecule has 110 valence electrons. The standard InChI is InChI=1S/C19H16O3/c1-12-9-16(18(21)10-13(12)2)17(20)8-7-15-11-14-5-3-4-6-19(14)22-15/h3-11,21H,1-2H3. The van der Waals surface area contributed by atoms with Gasteiger partial charge in [-0.25, -0.2) is 0 Å². The highest BCUT2D eigenvalue weighted by atomic mass is 16.3.